The highest BCUT2D eigenvalue weighted by molar-refractivity contribution is 9.10. The van der Waals surface area contributed by atoms with Gasteiger partial charge in [0.1, 0.15) is 0 Å². The van der Waals surface area contributed by atoms with Crippen LogP contribution in [0.5, 0.6) is 0 Å². The van der Waals surface area contributed by atoms with Crippen molar-refractivity contribution < 1.29 is 4.79 Å². The third-order valence-corrected chi connectivity index (χ3v) is 4.00. The Morgan fingerprint density at radius 1 is 1.17 bits per heavy atom. The molecule has 0 atom stereocenters. The van der Waals surface area contributed by atoms with Gasteiger partial charge in [-0.05, 0) is 43.3 Å². The van der Waals surface area contributed by atoms with Gasteiger partial charge in [-0.2, -0.15) is 0 Å². The molecule has 3 rings (SSSR count). The molecule has 0 bridgehead atoms. The molecule has 3 aromatic rings. The fraction of sp³-hybridized carbons (Fsp3) is 0.0588. The van der Waals surface area contributed by atoms with Crippen molar-refractivity contribution >= 4 is 39.3 Å². The second-order valence-corrected chi connectivity index (χ2v) is 6.38. The van der Waals surface area contributed by atoms with Crippen LogP contribution in [0.4, 0.5) is 5.82 Å². The molecule has 116 valence electrons. The van der Waals surface area contributed by atoms with Crippen LogP contribution >= 0.6 is 27.5 Å². The fourth-order valence-electron chi connectivity index (χ4n) is 2.22. The number of amides is 1. The van der Waals surface area contributed by atoms with E-state index in [0.717, 1.165) is 15.9 Å². The minimum absolute atomic E-state index is 0.206. The molecule has 6 heteroatoms. The lowest BCUT2D eigenvalue weighted by molar-refractivity contribution is 0.102. The molecule has 2 aromatic carbocycles. The van der Waals surface area contributed by atoms with Crippen LogP contribution in [-0.4, -0.2) is 15.7 Å². The molecular formula is C17H13BrClN3O. The van der Waals surface area contributed by atoms with Crippen LogP contribution in [0.1, 0.15) is 16.1 Å². The van der Waals surface area contributed by atoms with E-state index in [1.807, 2.05) is 43.3 Å². The van der Waals surface area contributed by atoms with Gasteiger partial charge in [-0.1, -0.05) is 39.7 Å². The highest BCUT2D eigenvalue weighted by atomic mass is 79.9. The molecule has 0 saturated heterocycles. The van der Waals surface area contributed by atoms with E-state index >= 15 is 0 Å². The summed E-state index contributed by atoms with van der Waals surface area (Å²) in [4.78, 5) is 12.3. The van der Waals surface area contributed by atoms with E-state index in [2.05, 4.69) is 26.3 Å². The zero-order valence-electron chi connectivity index (χ0n) is 12.3. The van der Waals surface area contributed by atoms with E-state index in [4.69, 9.17) is 11.6 Å². The summed E-state index contributed by atoms with van der Waals surface area (Å²) < 4.78 is 2.59. The Kier molecular flexibility index (Phi) is 4.50. The van der Waals surface area contributed by atoms with Crippen molar-refractivity contribution in [1.29, 1.82) is 0 Å². The third-order valence-electron chi connectivity index (χ3n) is 3.27. The Labute approximate surface area is 147 Å². The molecule has 0 spiro atoms. The van der Waals surface area contributed by atoms with Crippen molar-refractivity contribution in [2.75, 3.05) is 5.32 Å². The van der Waals surface area contributed by atoms with Crippen LogP contribution in [0.3, 0.4) is 0 Å². The molecule has 0 radical (unpaired) electrons. The average Bonchev–Trinajstić information content (AvgIpc) is 2.88. The van der Waals surface area contributed by atoms with Gasteiger partial charge >= 0.3 is 0 Å². The van der Waals surface area contributed by atoms with E-state index < -0.39 is 0 Å². The number of aryl methyl sites for hydroxylation is 1. The van der Waals surface area contributed by atoms with Gasteiger partial charge in [0, 0.05) is 26.8 Å². The van der Waals surface area contributed by atoms with E-state index in [1.165, 1.54) is 0 Å². The van der Waals surface area contributed by atoms with Crippen molar-refractivity contribution in [3.63, 3.8) is 0 Å². The number of benzene rings is 2. The Morgan fingerprint density at radius 2 is 1.96 bits per heavy atom. The number of nitrogens with one attached hydrogen (secondary N) is 1. The standard InChI is InChI=1S/C17H13BrClN3O/c1-11-8-16(20-17(23)12-4-2-5-13(18)9-12)21-22(11)15-7-3-6-14(19)10-15/h2-10H,1H3,(H,20,21,23). The van der Waals surface area contributed by atoms with E-state index in [0.29, 0.717) is 16.4 Å². The lowest BCUT2D eigenvalue weighted by Crippen LogP contribution is -2.12. The summed E-state index contributed by atoms with van der Waals surface area (Å²) in [5, 5.41) is 7.87. The largest absolute Gasteiger partial charge is 0.305 e. The first-order valence-corrected chi connectivity index (χ1v) is 8.09. The van der Waals surface area contributed by atoms with Crippen LogP contribution in [0, 0.1) is 6.92 Å². The Balaban J connectivity index is 1.85. The zero-order chi connectivity index (χ0) is 16.4. The Morgan fingerprint density at radius 3 is 2.70 bits per heavy atom. The highest BCUT2D eigenvalue weighted by Gasteiger charge is 2.11. The molecule has 0 aliphatic rings. The number of aromatic nitrogens is 2. The zero-order valence-corrected chi connectivity index (χ0v) is 14.6. The molecule has 0 saturated carbocycles. The second-order valence-electron chi connectivity index (χ2n) is 5.03. The van der Waals surface area contributed by atoms with Gasteiger partial charge in [-0.25, -0.2) is 4.68 Å². The summed E-state index contributed by atoms with van der Waals surface area (Å²) in [6, 6.07) is 16.4. The lowest BCUT2D eigenvalue weighted by atomic mass is 10.2. The lowest BCUT2D eigenvalue weighted by Gasteiger charge is -2.04. The molecule has 1 amide bonds. The van der Waals surface area contributed by atoms with Gasteiger partial charge < -0.3 is 5.32 Å². The smallest absolute Gasteiger partial charge is 0.256 e. The number of halogens is 2. The van der Waals surface area contributed by atoms with Crippen molar-refractivity contribution in [3.8, 4) is 5.69 Å². The van der Waals surface area contributed by atoms with Crippen molar-refractivity contribution in [1.82, 2.24) is 9.78 Å². The maximum absolute atomic E-state index is 12.3. The maximum Gasteiger partial charge on any atom is 0.256 e. The number of hydrogen-bond donors (Lipinski definition) is 1. The van der Waals surface area contributed by atoms with Crippen LogP contribution in [0.2, 0.25) is 5.02 Å². The highest BCUT2D eigenvalue weighted by Crippen LogP contribution is 2.19. The molecule has 1 aromatic heterocycles. The van der Waals surface area contributed by atoms with Gasteiger partial charge in [0.15, 0.2) is 5.82 Å². The number of carbonyl (C=O) groups excluding carboxylic acids is 1. The van der Waals surface area contributed by atoms with Gasteiger partial charge in [0.25, 0.3) is 5.91 Å². The molecule has 1 N–H and O–H groups in total. The molecule has 0 unspecified atom stereocenters. The summed E-state index contributed by atoms with van der Waals surface area (Å²) in [5.74, 6) is 0.287. The number of nitrogens with zero attached hydrogens (tertiary/aromatic N) is 2. The molecule has 0 fully saturated rings. The predicted molar refractivity (Wildman–Crippen MR) is 95.4 cm³/mol. The minimum atomic E-state index is -0.206. The maximum atomic E-state index is 12.3. The number of carbonyl (C=O) groups is 1. The molecule has 1 heterocycles. The van der Waals surface area contributed by atoms with Crippen molar-refractivity contribution in [2.24, 2.45) is 0 Å². The van der Waals surface area contributed by atoms with Crippen molar-refractivity contribution in [3.05, 3.63) is 75.4 Å². The quantitative estimate of drug-likeness (QED) is 0.695. The monoisotopic (exact) mass is 389 g/mol. The fourth-order valence-corrected chi connectivity index (χ4v) is 2.81. The normalized spacial score (nSPS) is 10.6. The average molecular weight is 391 g/mol. The summed E-state index contributed by atoms with van der Waals surface area (Å²) in [6.07, 6.45) is 0. The Hall–Kier alpha value is -2.11. The predicted octanol–water partition coefficient (Wildman–Crippen LogP) is 4.85. The summed E-state index contributed by atoms with van der Waals surface area (Å²) in [6.45, 7) is 1.92. The Bertz CT molecular complexity index is 876. The first-order chi connectivity index (χ1) is 11.0. The number of anilines is 1. The van der Waals surface area contributed by atoms with Crippen LogP contribution < -0.4 is 5.32 Å². The van der Waals surface area contributed by atoms with Crippen LogP contribution in [-0.2, 0) is 0 Å². The van der Waals surface area contributed by atoms with Gasteiger partial charge in [0.2, 0.25) is 0 Å². The topological polar surface area (TPSA) is 46.9 Å². The van der Waals surface area contributed by atoms with E-state index in [1.54, 1.807) is 22.9 Å². The van der Waals surface area contributed by atoms with E-state index in [-0.39, 0.29) is 5.91 Å². The first kappa shape index (κ1) is 15.8. The summed E-state index contributed by atoms with van der Waals surface area (Å²) in [5.41, 5.74) is 2.31. The minimum Gasteiger partial charge on any atom is -0.305 e. The third kappa shape index (κ3) is 3.63. The molecular weight excluding hydrogens is 378 g/mol. The number of hydrogen-bond acceptors (Lipinski definition) is 2. The molecule has 0 aliphatic carbocycles. The summed E-state index contributed by atoms with van der Waals surface area (Å²) >= 11 is 9.37. The van der Waals surface area contributed by atoms with Crippen LogP contribution in [0.15, 0.2) is 59.1 Å². The van der Waals surface area contributed by atoms with Crippen molar-refractivity contribution in [2.45, 2.75) is 6.92 Å². The number of rotatable bonds is 3. The van der Waals surface area contributed by atoms with E-state index in [9.17, 15) is 4.79 Å². The molecule has 0 aliphatic heterocycles. The second kappa shape index (κ2) is 6.56. The van der Waals surface area contributed by atoms with Gasteiger partial charge in [-0.3, -0.25) is 4.79 Å². The summed E-state index contributed by atoms with van der Waals surface area (Å²) in [7, 11) is 0. The SMILES string of the molecule is Cc1cc(NC(=O)c2cccc(Br)c2)nn1-c1cccc(Cl)c1. The van der Waals surface area contributed by atoms with Gasteiger partial charge in [0.05, 0.1) is 5.69 Å². The molecule has 23 heavy (non-hydrogen) atoms. The van der Waals surface area contributed by atoms with Gasteiger partial charge in [-0.15, -0.1) is 5.10 Å². The first-order valence-electron chi connectivity index (χ1n) is 6.92. The molecule has 4 nitrogen and oxygen atoms in total. The van der Waals surface area contributed by atoms with Crippen LogP contribution in [0.25, 0.3) is 5.69 Å².